The third kappa shape index (κ3) is 2.87. The van der Waals surface area contributed by atoms with Crippen LogP contribution < -0.4 is 0 Å². The van der Waals surface area contributed by atoms with E-state index in [-0.39, 0.29) is 11.1 Å². The van der Waals surface area contributed by atoms with Gasteiger partial charge in [0, 0.05) is 12.2 Å². The van der Waals surface area contributed by atoms with Gasteiger partial charge in [-0.3, -0.25) is 0 Å². The monoisotopic (exact) mass is 351 g/mol. The molecule has 0 radical (unpaired) electrons. The van der Waals surface area contributed by atoms with Crippen molar-refractivity contribution < 1.29 is 13.7 Å². The van der Waals surface area contributed by atoms with Crippen LogP contribution in [0.2, 0.25) is 5.02 Å². The molecule has 0 unspecified atom stereocenters. The van der Waals surface area contributed by atoms with Crippen LogP contribution >= 0.6 is 22.9 Å². The Balaban J connectivity index is 1.62. The van der Waals surface area contributed by atoms with Crippen LogP contribution in [0.5, 0.6) is 0 Å². The van der Waals surface area contributed by atoms with E-state index in [0.717, 1.165) is 29.3 Å². The van der Waals surface area contributed by atoms with Crippen LogP contribution in [0.1, 0.15) is 24.0 Å². The zero-order valence-electron chi connectivity index (χ0n) is 11.8. The summed E-state index contributed by atoms with van der Waals surface area (Å²) in [6, 6.07) is 4.05. The summed E-state index contributed by atoms with van der Waals surface area (Å²) < 4.78 is 24.0. The Hall–Kier alpha value is -1.83. The first-order chi connectivity index (χ1) is 11.2. The molecule has 23 heavy (non-hydrogen) atoms. The summed E-state index contributed by atoms with van der Waals surface area (Å²) in [4.78, 5) is 9.47. The van der Waals surface area contributed by atoms with E-state index in [4.69, 9.17) is 20.9 Å². The first-order valence-electron chi connectivity index (χ1n) is 7.07. The lowest BCUT2D eigenvalue weighted by atomic mass is 10.2. The van der Waals surface area contributed by atoms with Gasteiger partial charge in [0.2, 0.25) is 5.82 Å². The van der Waals surface area contributed by atoms with Crippen molar-refractivity contribution in [2.45, 2.75) is 18.9 Å². The molecule has 0 saturated carbocycles. The number of hydrogen-bond acceptors (Lipinski definition) is 6. The lowest BCUT2D eigenvalue weighted by molar-refractivity contribution is 0.111. The van der Waals surface area contributed by atoms with E-state index in [1.54, 1.807) is 6.20 Å². The molecule has 1 saturated heterocycles. The fourth-order valence-electron chi connectivity index (χ4n) is 2.41. The van der Waals surface area contributed by atoms with Gasteiger partial charge in [0.05, 0.1) is 11.2 Å². The minimum absolute atomic E-state index is 0.0580. The number of thiazole rings is 1. The third-order valence-electron chi connectivity index (χ3n) is 3.54. The highest BCUT2D eigenvalue weighted by atomic mass is 35.5. The normalized spacial score (nSPS) is 17.7. The molecule has 5 nitrogen and oxygen atoms in total. The first kappa shape index (κ1) is 14.7. The molecule has 118 valence electrons. The molecule has 0 amide bonds. The SMILES string of the molecule is Fc1ccc(-c2noc(-c3cnc([C@@H]4CCCO4)s3)n2)c(Cl)c1. The zero-order valence-corrected chi connectivity index (χ0v) is 13.4. The van der Waals surface area contributed by atoms with Crippen LogP contribution in [0.3, 0.4) is 0 Å². The Kier molecular flexibility index (Phi) is 3.84. The standard InChI is InChI=1S/C15H11ClFN3O2S/c16-10-6-8(17)3-4-9(10)13-19-14(22-20-13)12-7-18-15(23-12)11-2-1-5-21-11/h3-4,6-7,11H,1-2,5H2/t11-/m0/s1. The molecule has 1 aliphatic heterocycles. The second-order valence-electron chi connectivity index (χ2n) is 5.11. The van der Waals surface area contributed by atoms with Crippen LogP contribution in [-0.2, 0) is 4.74 Å². The molecule has 1 atom stereocenters. The molecule has 0 N–H and O–H groups in total. The molecule has 2 aromatic heterocycles. The molecule has 0 aliphatic carbocycles. The van der Waals surface area contributed by atoms with Gasteiger partial charge >= 0.3 is 0 Å². The molecule has 0 spiro atoms. The quantitative estimate of drug-likeness (QED) is 0.695. The van der Waals surface area contributed by atoms with Crippen LogP contribution in [0, 0.1) is 5.82 Å². The largest absolute Gasteiger partial charge is 0.371 e. The maximum absolute atomic E-state index is 13.1. The van der Waals surface area contributed by atoms with Gasteiger partial charge in [-0.2, -0.15) is 4.98 Å². The van der Waals surface area contributed by atoms with E-state index >= 15 is 0 Å². The summed E-state index contributed by atoms with van der Waals surface area (Å²) in [5, 5.41) is 5.07. The van der Waals surface area contributed by atoms with E-state index in [0.29, 0.717) is 17.3 Å². The first-order valence-corrected chi connectivity index (χ1v) is 8.27. The van der Waals surface area contributed by atoms with Gasteiger partial charge in [0.25, 0.3) is 5.89 Å². The van der Waals surface area contributed by atoms with E-state index in [1.807, 2.05) is 0 Å². The summed E-state index contributed by atoms with van der Waals surface area (Å²) in [6.45, 7) is 0.771. The number of nitrogens with zero attached hydrogens (tertiary/aromatic N) is 3. The van der Waals surface area contributed by atoms with Gasteiger partial charge < -0.3 is 9.26 Å². The van der Waals surface area contributed by atoms with Crippen molar-refractivity contribution in [3.63, 3.8) is 0 Å². The lowest BCUT2D eigenvalue weighted by Gasteiger charge is -2.02. The maximum Gasteiger partial charge on any atom is 0.269 e. The second-order valence-corrected chi connectivity index (χ2v) is 6.58. The van der Waals surface area contributed by atoms with E-state index < -0.39 is 5.82 Å². The average Bonchev–Trinajstić information content (AvgIpc) is 3.27. The Labute approximate surface area is 140 Å². The number of aromatic nitrogens is 3. The molecule has 8 heteroatoms. The lowest BCUT2D eigenvalue weighted by Crippen LogP contribution is -1.93. The van der Waals surface area contributed by atoms with Crippen molar-refractivity contribution in [2.24, 2.45) is 0 Å². The van der Waals surface area contributed by atoms with Crippen LogP contribution in [0.15, 0.2) is 28.9 Å². The van der Waals surface area contributed by atoms with Crippen molar-refractivity contribution in [2.75, 3.05) is 6.61 Å². The zero-order chi connectivity index (χ0) is 15.8. The second kappa shape index (κ2) is 5.99. The predicted octanol–water partition coefficient (Wildman–Crippen LogP) is 4.50. The van der Waals surface area contributed by atoms with Crippen LogP contribution in [-0.4, -0.2) is 21.7 Å². The van der Waals surface area contributed by atoms with Crippen molar-refractivity contribution in [3.05, 3.63) is 40.2 Å². The Morgan fingerprint density at radius 3 is 3.04 bits per heavy atom. The Bertz CT molecular complexity index is 845. The minimum atomic E-state index is -0.411. The molecule has 1 fully saturated rings. The molecule has 4 rings (SSSR count). The summed E-state index contributed by atoms with van der Waals surface area (Å²) in [6.07, 6.45) is 3.79. The predicted molar refractivity (Wildman–Crippen MR) is 83.7 cm³/mol. The van der Waals surface area contributed by atoms with Crippen molar-refractivity contribution in [1.29, 1.82) is 0 Å². The Morgan fingerprint density at radius 1 is 1.35 bits per heavy atom. The van der Waals surface area contributed by atoms with Gasteiger partial charge in [-0.15, -0.1) is 11.3 Å². The number of halogens is 2. The Morgan fingerprint density at radius 2 is 2.26 bits per heavy atom. The van der Waals surface area contributed by atoms with Gasteiger partial charge in [-0.05, 0) is 31.0 Å². The number of benzene rings is 1. The molecule has 0 bridgehead atoms. The van der Waals surface area contributed by atoms with E-state index in [9.17, 15) is 4.39 Å². The fourth-order valence-corrected chi connectivity index (χ4v) is 3.59. The van der Waals surface area contributed by atoms with Gasteiger partial charge in [-0.25, -0.2) is 9.37 Å². The fraction of sp³-hybridized carbons (Fsp3) is 0.267. The van der Waals surface area contributed by atoms with Crippen LogP contribution in [0.25, 0.3) is 22.2 Å². The summed E-state index contributed by atoms with van der Waals surface area (Å²) in [7, 11) is 0. The molecule has 1 aromatic carbocycles. The number of rotatable bonds is 3. The highest BCUT2D eigenvalue weighted by Crippen LogP contribution is 2.35. The number of hydrogen-bond donors (Lipinski definition) is 0. The highest BCUT2D eigenvalue weighted by Gasteiger charge is 2.23. The molecule has 3 aromatic rings. The van der Waals surface area contributed by atoms with Gasteiger partial charge in [-0.1, -0.05) is 16.8 Å². The van der Waals surface area contributed by atoms with Crippen molar-refractivity contribution in [1.82, 2.24) is 15.1 Å². The maximum atomic E-state index is 13.1. The smallest absolute Gasteiger partial charge is 0.269 e. The van der Waals surface area contributed by atoms with Gasteiger partial charge in [0.15, 0.2) is 0 Å². The molecular weight excluding hydrogens is 341 g/mol. The average molecular weight is 352 g/mol. The van der Waals surface area contributed by atoms with E-state index in [1.165, 1.54) is 29.5 Å². The third-order valence-corrected chi connectivity index (χ3v) is 4.93. The molecule has 3 heterocycles. The summed E-state index contributed by atoms with van der Waals surface area (Å²) >= 11 is 7.49. The highest BCUT2D eigenvalue weighted by molar-refractivity contribution is 7.15. The summed E-state index contributed by atoms with van der Waals surface area (Å²) in [5.41, 5.74) is 0.520. The summed E-state index contributed by atoms with van der Waals surface area (Å²) in [5.74, 6) is 0.269. The molecule has 1 aliphatic rings. The number of ether oxygens (including phenoxy) is 1. The minimum Gasteiger partial charge on any atom is -0.371 e. The van der Waals surface area contributed by atoms with E-state index in [2.05, 4.69) is 15.1 Å². The molecular formula is C15H11ClFN3O2S. The van der Waals surface area contributed by atoms with Gasteiger partial charge in [0.1, 0.15) is 21.8 Å². The van der Waals surface area contributed by atoms with Crippen molar-refractivity contribution >= 4 is 22.9 Å². The van der Waals surface area contributed by atoms with Crippen molar-refractivity contribution in [3.8, 4) is 22.2 Å². The topological polar surface area (TPSA) is 61.0 Å². The van der Waals surface area contributed by atoms with Crippen LogP contribution in [0.4, 0.5) is 4.39 Å².